The number of amides is 1. The first-order chi connectivity index (χ1) is 10.1. The summed E-state index contributed by atoms with van der Waals surface area (Å²) in [5.41, 5.74) is 7.81. The molecule has 1 saturated heterocycles. The minimum Gasteiger partial charge on any atom is -0.395 e. The fourth-order valence-electron chi connectivity index (χ4n) is 2.92. The van der Waals surface area contributed by atoms with Crippen LogP contribution >= 0.6 is 0 Å². The average molecular weight is 291 g/mol. The summed E-state index contributed by atoms with van der Waals surface area (Å²) < 4.78 is 0. The first kappa shape index (κ1) is 14.4. The maximum absolute atomic E-state index is 12.5. The summed E-state index contributed by atoms with van der Waals surface area (Å²) in [7, 11) is 0. The molecule has 2 fully saturated rings. The molecule has 116 valence electrons. The predicted octanol–water partition coefficient (Wildman–Crippen LogP) is 1.28. The molecule has 2 aliphatic rings. The van der Waals surface area contributed by atoms with Gasteiger partial charge in [-0.1, -0.05) is 13.8 Å². The number of carbonyl (C=O) groups is 1. The third kappa shape index (κ3) is 3.05. The molecule has 1 aliphatic carbocycles. The molecule has 21 heavy (non-hydrogen) atoms. The van der Waals surface area contributed by atoms with E-state index in [1.165, 1.54) is 19.4 Å². The van der Waals surface area contributed by atoms with Gasteiger partial charge in [0.05, 0.1) is 11.4 Å². The van der Waals surface area contributed by atoms with Crippen molar-refractivity contribution in [2.24, 2.45) is 5.92 Å². The zero-order valence-electron chi connectivity index (χ0n) is 12.9. The van der Waals surface area contributed by atoms with Gasteiger partial charge < -0.3 is 10.6 Å². The van der Waals surface area contributed by atoms with Gasteiger partial charge in [0, 0.05) is 32.7 Å². The van der Waals surface area contributed by atoms with E-state index >= 15 is 0 Å². The maximum atomic E-state index is 12.5. The first-order valence-corrected chi connectivity index (χ1v) is 7.91. The van der Waals surface area contributed by atoms with Gasteiger partial charge in [-0.3, -0.25) is 14.8 Å². The number of rotatable bonds is 4. The van der Waals surface area contributed by atoms with Gasteiger partial charge >= 0.3 is 0 Å². The van der Waals surface area contributed by atoms with Crippen molar-refractivity contribution in [3.8, 4) is 0 Å². The Morgan fingerprint density at radius 3 is 2.52 bits per heavy atom. The van der Waals surface area contributed by atoms with Crippen LogP contribution in [0.15, 0.2) is 0 Å². The minimum atomic E-state index is -0.0401. The van der Waals surface area contributed by atoms with Crippen LogP contribution in [0.4, 0.5) is 5.69 Å². The number of nitrogens with two attached hydrogens (primary N) is 1. The quantitative estimate of drug-likeness (QED) is 0.876. The third-order valence-corrected chi connectivity index (χ3v) is 4.49. The largest absolute Gasteiger partial charge is 0.395 e. The van der Waals surface area contributed by atoms with E-state index in [0.29, 0.717) is 11.4 Å². The molecule has 2 heterocycles. The number of nitrogen functional groups attached to an aromatic ring is 1. The second-order valence-corrected chi connectivity index (χ2v) is 6.59. The lowest BCUT2D eigenvalue weighted by molar-refractivity contribution is 0.0627. The Labute approximate surface area is 125 Å². The molecule has 1 amide bonds. The number of nitrogens with one attached hydrogen (secondary N) is 1. The van der Waals surface area contributed by atoms with E-state index in [1.54, 1.807) is 0 Å². The number of aromatic amines is 1. The van der Waals surface area contributed by atoms with E-state index < -0.39 is 0 Å². The van der Waals surface area contributed by atoms with Gasteiger partial charge in [0.1, 0.15) is 0 Å². The van der Waals surface area contributed by atoms with Crippen molar-refractivity contribution in [1.82, 2.24) is 20.0 Å². The van der Waals surface area contributed by atoms with Crippen LogP contribution in [0.25, 0.3) is 0 Å². The number of H-pyrrole nitrogens is 1. The Morgan fingerprint density at radius 2 is 2.00 bits per heavy atom. The SMILES string of the molecule is CC(C)c1[nH]nc(C(=O)N2CCN(CC3CC3)CC2)c1N. The molecular weight excluding hydrogens is 266 g/mol. The Bertz CT molecular complexity index is 512. The van der Waals surface area contributed by atoms with Crippen molar-refractivity contribution in [2.45, 2.75) is 32.6 Å². The van der Waals surface area contributed by atoms with Crippen molar-refractivity contribution in [1.29, 1.82) is 0 Å². The lowest BCUT2D eigenvalue weighted by Gasteiger charge is -2.34. The van der Waals surface area contributed by atoms with Gasteiger partial charge in [-0.25, -0.2) is 0 Å². The second-order valence-electron chi connectivity index (χ2n) is 6.59. The molecular formula is C15H25N5O. The maximum Gasteiger partial charge on any atom is 0.276 e. The molecule has 0 spiro atoms. The van der Waals surface area contributed by atoms with Crippen molar-refractivity contribution < 1.29 is 4.79 Å². The van der Waals surface area contributed by atoms with Crippen LogP contribution in [0.3, 0.4) is 0 Å². The highest BCUT2D eigenvalue weighted by Gasteiger charge is 2.29. The molecule has 0 radical (unpaired) electrons. The molecule has 0 atom stereocenters. The summed E-state index contributed by atoms with van der Waals surface area (Å²) in [6.07, 6.45) is 2.75. The lowest BCUT2D eigenvalue weighted by atomic mass is 10.1. The smallest absolute Gasteiger partial charge is 0.276 e. The van der Waals surface area contributed by atoms with E-state index in [1.807, 2.05) is 18.7 Å². The summed E-state index contributed by atoms with van der Waals surface area (Å²) in [5, 5.41) is 7.04. The average Bonchev–Trinajstić information content (AvgIpc) is 3.19. The lowest BCUT2D eigenvalue weighted by Crippen LogP contribution is -2.49. The van der Waals surface area contributed by atoms with E-state index in [0.717, 1.165) is 37.8 Å². The number of hydrogen-bond acceptors (Lipinski definition) is 4. The number of aromatic nitrogens is 2. The van der Waals surface area contributed by atoms with Gasteiger partial charge in [-0.05, 0) is 24.7 Å². The van der Waals surface area contributed by atoms with E-state index in [4.69, 9.17) is 5.73 Å². The minimum absolute atomic E-state index is 0.0401. The standard InChI is InChI=1S/C15H25N5O/c1-10(2)13-12(16)14(18-17-13)15(21)20-7-5-19(6-8-20)9-11-3-4-11/h10-11H,3-9,16H2,1-2H3,(H,17,18). The van der Waals surface area contributed by atoms with Gasteiger partial charge in [0.2, 0.25) is 0 Å². The molecule has 6 heteroatoms. The molecule has 1 aliphatic heterocycles. The first-order valence-electron chi connectivity index (χ1n) is 7.91. The zero-order chi connectivity index (χ0) is 15.0. The number of anilines is 1. The summed E-state index contributed by atoms with van der Waals surface area (Å²) in [6, 6.07) is 0. The second kappa shape index (κ2) is 5.67. The number of hydrogen-bond donors (Lipinski definition) is 2. The van der Waals surface area contributed by atoms with Crippen LogP contribution in [0.5, 0.6) is 0 Å². The molecule has 3 N–H and O–H groups in total. The van der Waals surface area contributed by atoms with Crippen LogP contribution < -0.4 is 5.73 Å². The number of nitrogens with zero attached hydrogens (tertiary/aromatic N) is 3. The predicted molar refractivity (Wildman–Crippen MR) is 82.2 cm³/mol. The van der Waals surface area contributed by atoms with Crippen LogP contribution in [-0.2, 0) is 0 Å². The fourth-order valence-corrected chi connectivity index (χ4v) is 2.92. The third-order valence-electron chi connectivity index (χ3n) is 4.49. The molecule has 0 unspecified atom stereocenters. The monoisotopic (exact) mass is 291 g/mol. The molecule has 3 rings (SSSR count). The highest BCUT2D eigenvalue weighted by atomic mass is 16.2. The van der Waals surface area contributed by atoms with E-state index in [9.17, 15) is 4.79 Å². The molecule has 1 saturated carbocycles. The van der Waals surface area contributed by atoms with Gasteiger partial charge in [0.15, 0.2) is 5.69 Å². The summed E-state index contributed by atoms with van der Waals surface area (Å²) in [4.78, 5) is 16.9. The number of carbonyl (C=O) groups excluding carboxylic acids is 1. The Morgan fingerprint density at radius 1 is 1.33 bits per heavy atom. The summed E-state index contributed by atoms with van der Waals surface area (Å²) in [6.45, 7) is 8.74. The van der Waals surface area contributed by atoms with Crippen molar-refractivity contribution >= 4 is 11.6 Å². The topological polar surface area (TPSA) is 78.2 Å². The van der Waals surface area contributed by atoms with Crippen LogP contribution in [0.1, 0.15) is 48.8 Å². The molecule has 1 aromatic rings. The summed E-state index contributed by atoms with van der Waals surface area (Å²) >= 11 is 0. The Hall–Kier alpha value is -1.56. The Balaban J connectivity index is 1.60. The fraction of sp³-hybridized carbons (Fsp3) is 0.733. The molecule has 0 aromatic carbocycles. The molecule has 6 nitrogen and oxygen atoms in total. The van der Waals surface area contributed by atoms with Crippen molar-refractivity contribution in [3.05, 3.63) is 11.4 Å². The van der Waals surface area contributed by atoms with Crippen molar-refractivity contribution in [2.75, 3.05) is 38.5 Å². The normalized spacial score (nSPS) is 20.2. The molecule has 1 aromatic heterocycles. The summed E-state index contributed by atoms with van der Waals surface area (Å²) in [5.74, 6) is 1.11. The molecule has 0 bridgehead atoms. The van der Waals surface area contributed by atoms with Crippen LogP contribution in [-0.4, -0.2) is 58.6 Å². The van der Waals surface area contributed by atoms with Crippen LogP contribution in [0, 0.1) is 5.92 Å². The van der Waals surface area contributed by atoms with E-state index in [-0.39, 0.29) is 11.8 Å². The van der Waals surface area contributed by atoms with Gasteiger partial charge in [-0.2, -0.15) is 5.10 Å². The van der Waals surface area contributed by atoms with Gasteiger partial charge in [0.25, 0.3) is 5.91 Å². The number of piperazine rings is 1. The van der Waals surface area contributed by atoms with Gasteiger partial charge in [-0.15, -0.1) is 0 Å². The Kier molecular flexibility index (Phi) is 3.89. The van der Waals surface area contributed by atoms with E-state index in [2.05, 4.69) is 15.1 Å². The highest BCUT2D eigenvalue weighted by molar-refractivity contribution is 5.97. The van der Waals surface area contributed by atoms with Crippen molar-refractivity contribution in [3.63, 3.8) is 0 Å². The van der Waals surface area contributed by atoms with Crippen LogP contribution in [0.2, 0.25) is 0 Å². The highest BCUT2D eigenvalue weighted by Crippen LogP contribution is 2.30. The zero-order valence-corrected chi connectivity index (χ0v) is 12.9.